The smallest absolute Gasteiger partial charge is 0.254 e. The first-order valence-corrected chi connectivity index (χ1v) is 8.44. The molecule has 0 aliphatic carbocycles. The fourth-order valence-electron chi connectivity index (χ4n) is 3.16. The SMILES string of the molecule is CN1CCC(O)(C(=O)N2CCCN(CC(=O)N(C)C)CC2)CC1. The molecular formula is C16H30N4O3. The molecule has 0 spiro atoms. The molecular weight excluding hydrogens is 296 g/mol. The van der Waals surface area contributed by atoms with Crippen molar-refractivity contribution in [1.82, 2.24) is 19.6 Å². The van der Waals surface area contributed by atoms with Crippen LogP contribution in [0.4, 0.5) is 0 Å². The fourth-order valence-corrected chi connectivity index (χ4v) is 3.16. The number of carbonyl (C=O) groups excluding carboxylic acids is 2. The Morgan fingerprint density at radius 3 is 2.30 bits per heavy atom. The van der Waals surface area contributed by atoms with Crippen LogP contribution in [0, 0.1) is 0 Å². The summed E-state index contributed by atoms with van der Waals surface area (Å²) < 4.78 is 0. The summed E-state index contributed by atoms with van der Waals surface area (Å²) in [6, 6.07) is 0. The zero-order valence-corrected chi connectivity index (χ0v) is 14.6. The Bertz CT molecular complexity index is 433. The van der Waals surface area contributed by atoms with E-state index in [2.05, 4.69) is 9.80 Å². The van der Waals surface area contributed by atoms with Crippen molar-refractivity contribution < 1.29 is 14.7 Å². The Hall–Kier alpha value is -1.18. The predicted octanol–water partition coefficient (Wildman–Crippen LogP) is -0.934. The van der Waals surface area contributed by atoms with Crippen LogP contribution in [0.25, 0.3) is 0 Å². The molecule has 7 heteroatoms. The van der Waals surface area contributed by atoms with E-state index in [1.807, 2.05) is 7.05 Å². The molecule has 0 atom stereocenters. The van der Waals surface area contributed by atoms with Gasteiger partial charge in [-0.15, -0.1) is 0 Å². The summed E-state index contributed by atoms with van der Waals surface area (Å²) in [5.41, 5.74) is -1.21. The average molecular weight is 326 g/mol. The highest BCUT2D eigenvalue weighted by Gasteiger charge is 2.41. The van der Waals surface area contributed by atoms with E-state index in [1.165, 1.54) is 0 Å². The highest BCUT2D eigenvalue weighted by molar-refractivity contribution is 5.85. The summed E-state index contributed by atoms with van der Waals surface area (Å²) in [6.45, 7) is 4.62. The van der Waals surface area contributed by atoms with Gasteiger partial charge in [-0.3, -0.25) is 14.5 Å². The lowest BCUT2D eigenvalue weighted by Crippen LogP contribution is -2.55. The molecule has 2 fully saturated rings. The Kier molecular flexibility index (Phi) is 6.00. The van der Waals surface area contributed by atoms with E-state index in [9.17, 15) is 14.7 Å². The van der Waals surface area contributed by atoms with Crippen LogP contribution in [0.3, 0.4) is 0 Å². The lowest BCUT2D eigenvalue weighted by Gasteiger charge is -2.38. The summed E-state index contributed by atoms with van der Waals surface area (Å²) in [7, 11) is 5.52. The number of likely N-dealkylation sites (tertiary alicyclic amines) is 1. The molecule has 23 heavy (non-hydrogen) atoms. The molecule has 0 saturated carbocycles. The molecule has 2 saturated heterocycles. The van der Waals surface area contributed by atoms with Gasteiger partial charge in [-0.1, -0.05) is 0 Å². The van der Waals surface area contributed by atoms with Gasteiger partial charge in [0.1, 0.15) is 5.60 Å². The van der Waals surface area contributed by atoms with Crippen LogP contribution in [0.15, 0.2) is 0 Å². The summed E-state index contributed by atoms with van der Waals surface area (Å²) >= 11 is 0. The van der Waals surface area contributed by atoms with Crippen molar-refractivity contribution in [1.29, 1.82) is 0 Å². The lowest BCUT2D eigenvalue weighted by molar-refractivity contribution is -0.155. The minimum atomic E-state index is -1.21. The van der Waals surface area contributed by atoms with Gasteiger partial charge in [-0.05, 0) is 26.3 Å². The molecule has 0 radical (unpaired) electrons. The topological polar surface area (TPSA) is 67.3 Å². The maximum atomic E-state index is 12.7. The second-order valence-electron chi connectivity index (χ2n) is 7.04. The van der Waals surface area contributed by atoms with Crippen LogP contribution in [0.1, 0.15) is 19.3 Å². The number of likely N-dealkylation sites (N-methyl/N-ethyl adjacent to an activating group) is 1. The number of hydrogen-bond acceptors (Lipinski definition) is 5. The molecule has 0 bridgehead atoms. The number of carbonyl (C=O) groups is 2. The third-order valence-electron chi connectivity index (χ3n) is 4.95. The minimum Gasteiger partial charge on any atom is -0.380 e. The van der Waals surface area contributed by atoms with Gasteiger partial charge in [-0.25, -0.2) is 0 Å². The van der Waals surface area contributed by atoms with Crippen LogP contribution >= 0.6 is 0 Å². The maximum absolute atomic E-state index is 12.7. The largest absolute Gasteiger partial charge is 0.380 e. The molecule has 2 rings (SSSR count). The van der Waals surface area contributed by atoms with E-state index in [4.69, 9.17) is 0 Å². The molecule has 0 unspecified atom stereocenters. The molecule has 2 heterocycles. The molecule has 2 amide bonds. The second-order valence-corrected chi connectivity index (χ2v) is 7.04. The molecule has 7 nitrogen and oxygen atoms in total. The van der Waals surface area contributed by atoms with Crippen molar-refractivity contribution in [3.63, 3.8) is 0 Å². The van der Waals surface area contributed by atoms with Gasteiger partial charge in [0, 0.05) is 53.4 Å². The first-order valence-electron chi connectivity index (χ1n) is 8.44. The van der Waals surface area contributed by atoms with E-state index in [0.717, 1.165) is 26.1 Å². The van der Waals surface area contributed by atoms with Gasteiger partial charge < -0.3 is 19.8 Å². The zero-order chi connectivity index (χ0) is 17.0. The molecule has 0 aromatic rings. The van der Waals surface area contributed by atoms with Crippen molar-refractivity contribution in [3.05, 3.63) is 0 Å². The second kappa shape index (κ2) is 7.59. The normalized spacial score (nSPS) is 23.4. The number of rotatable bonds is 3. The molecule has 2 aliphatic heterocycles. The molecule has 1 N–H and O–H groups in total. The highest BCUT2D eigenvalue weighted by Crippen LogP contribution is 2.24. The number of aliphatic hydroxyl groups is 1. The van der Waals surface area contributed by atoms with Crippen molar-refractivity contribution in [3.8, 4) is 0 Å². The Morgan fingerprint density at radius 1 is 1.04 bits per heavy atom. The summed E-state index contributed by atoms with van der Waals surface area (Å²) in [5.74, 6) is -0.0508. The van der Waals surface area contributed by atoms with Gasteiger partial charge >= 0.3 is 0 Å². The van der Waals surface area contributed by atoms with E-state index >= 15 is 0 Å². The van der Waals surface area contributed by atoms with Crippen LogP contribution in [0.2, 0.25) is 0 Å². The Labute approximate surface area is 138 Å². The van der Waals surface area contributed by atoms with E-state index in [0.29, 0.717) is 39.0 Å². The van der Waals surface area contributed by atoms with Crippen molar-refractivity contribution in [2.24, 2.45) is 0 Å². The van der Waals surface area contributed by atoms with Gasteiger partial charge in [0.2, 0.25) is 5.91 Å². The fraction of sp³-hybridized carbons (Fsp3) is 0.875. The quantitative estimate of drug-likeness (QED) is 0.725. The minimum absolute atomic E-state index is 0.0822. The number of piperidine rings is 1. The first kappa shape index (κ1) is 18.2. The van der Waals surface area contributed by atoms with E-state index < -0.39 is 5.60 Å². The number of hydrogen-bond donors (Lipinski definition) is 1. The Balaban J connectivity index is 1.89. The standard InChI is InChI=1S/C16H30N4O3/c1-17(2)14(21)13-19-7-4-8-20(12-11-19)15(22)16(23)5-9-18(3)10-6-16/h23H,4-13H2,1-3H3. The monoisotopic (exact) mass is 326 g/mol. The highest BCUT2D eigenvalue weighted by atomic mass is 16.3. The molecule has 0 aromatic heterocycles. The van der Waals surface area contributed by atoms with Crippen molar-refractivity contribution in [2.45, 2.75) is 24.9 Å². The Morgan fingerprint density at radius 2 is 1.70 bits per heavy atom. The molecule has 2 aliphatic rings. The van der Waals surface area contributed by atoms with E-state index in [-0.39, 0.29) is 11.8 Å². The van der Waals surface area contributed by atoms with Crippen LogP contribution in [0.5, 0.6) is 0 Å². The van der Waals surface area contributed by atoms with Crippen LogP contribution in [-0.4, -0.2) is 109 Å². The number of amides is 2. The third kappa shape index (κ3) is 4.65. The molecule has 132 valence electrons. The summed E-state index contributed by atoms with van der Waals surface area (Å²) in [5, 5.41) is 10.7. The zero-order valence-electron chi connectivity index (χ0n) is 14.6. The summed E-state index contributed by atoms with van der Waals surface area (Å²) in [6.07, 6.45) is 1.84. The third-order valence-corrected chi connectivity index (χ3v) is 4.95. The van der Waals surface area contributed by atoms with Gasteiger partial charge in [0.15, 0.2) is 0 Å². The summed E-state index contributed by atoms with van der Waals surface area (Å²) in [4.78, 5) is 32.2. The van der Waals surface area contributed by atoms with Gasteiger partial charge in [0.25, 0.3) is 5.91 Å². The predicted molar refractivity (Wildman–Crippen MR) is 88.0 cm³/mol. The van der Waals surface area contributed by atoms with Crippen molar-refractivity contribution in [2.75, 3.05) is 67.0 Å². The van der Waals surface area contributed by atoms with Gasteiger partial charge in [0.05, 0.1) is 6.54 Å². The van der Waals surface area contributed by atoms with Crippen LogP contribution < -0.4 is 0 Å². The van der Waals surface area contributed by atoms with E-state index in [1.54, 1.807) is 23.9 Å². The lowest BCUT2D eigenvalue weighted by atomic mass is 9.90. The van der Waals surface area contributed by atoms with Crippen molar-refractivity contribution >= 4 is 11.8 Å². The van der Waals surface area contributed by atoms with Crippen LogP contribution in [-0.2, 0) is 9.59 Å². The van der Waals surface area contributed by atoms with Gasteiger partial charge in [-0.2, -0.15) is 0 Å². The first-order chi connectivity index (χ1) is 10.8. The average Bonchev–Trinajstić information content (AvgIpc) is 2.75. The molecule has 0 aromatic carbocycles. The number of nitrogens with zero attached hydrogens (tertiary/aromatic N) is 4. The maximum Gasteiger partial charge on any atom is 0.254 e.